The molecule has 1 aliphatic rings. The third kappa shape index (κ3) is 3.48. The smallest absolute Gasteiger partial charge is 0.291 e. The van der Waals surface area contributed by atoms with Gasteiger partial charge in [-0.1, -0.05) is 6.07 Å². The van der Waals surface area contributed by atoms with Crippen LogP contribution in [0.5, 0.6) is 11.5 Å². The maximum Gasteiger partial charge on any atom is 0.291 e. The molecule has 0 saturated carbocycles. The summed E-state index contributed by atoms with van der Waals surface area (Å²) in [5.74, 6) is 0.578. The molecule has 158 valence electrons. The van der Waals surface area contributed by atoms with Crippen molar-refractivity contribution in [2.75, 3.05) is 13.2 Å². The van der Waals surface area contributed by atoms with Gasteiger partial charge in [-0.15, -0.1) is 0 Å². The van der Waals surface area contributed by atoms with Gasteiger partial charge in [0.2, 0.25) is 5.91 Å². The Morgan fingerprint density at radius 3 is 2.77 bits per heavy atom. The molecule has 0 saturated heterocycles. The van der Waals surface area contributed by atoms with Crippen molar-refractivity contribution in [3.8, 4) is 11.5 Å². The van der Waals surface area contributed by atoms with Gasteiger partial charge in [-0.3, -0.25) is 14.0 Å². The minimum absolute atomic E-state index is 0.236. The monoisotopic (exact) mass is 422 g/mol. The molecule has 4 aromatic rings. The largest absolute Gasteiger partial charge is 0.486 e. The van der Waals surface area contributed by atoms with Crippen molar-refractivity contribution in [2.24, 2.45) is 0 Å². The van der Waals surface area contributed by atoms with Gasteiger partial charge < -0.3 is 14.8 Å². The summed E-state index contributed by atoms with van der Waals surface area (Å²) >= 11 is 0. The van der Waals surface area contributed by atoms with E-state index in [1.807, 2.05) is 25.1 Å². The number of ether oxygens (including phenoxy) is 2. The molecule has 0 bridgehead atoms. The van der Waals surface area contributed by atoms with Crippen molar-refractivity contribution in [1.29, 1.82) is 0 Å². The zero-order valence-corrected chi connectivity index (χ0v) is 16.7. The second-order valence-electron chi connectivity index (χ2n) is 7.39. The molecule has 1 aliphatic heterocycles. The minimum Gasteiger partial charge on any atom is -0.486 e. The molecule has 5 rings (SSSR count). The van der Waals surface area contributed by atoms with Crippen molar-refractivity contribution in [3.05, 3.63) is 70.5 Å². The summed E-state index contributed by atoms with van der Waals surface area (Å²) in [4.78, 5) is 25.4. The fourth-order valence-electron chi connectivity index (χ4n) is 3.74. The molecule has 1 N–H and O–H groups in total. The van der Waals surface area contributed by atoms with Gasteiger partial charge in [0.25, 0.3) is 5.56 Å². The SMILES string of the molecule is C[C@H](NC(=O)Cn1ncn2c(cc3cc(F)ccc32)c1=O)c1ccc2c(c1)OCCO2. The number of hydrogen-bond donors (Lipinski definition) is 1. The normalized spacial score (nSPS) is 14.0. The van der Waals surface area contributed by atoms with Crippen molar-refractivity contribution < 1.29 is 18.7 Å². The molecule has 1 amide bonds. The molecule has 0 aliphatic carbocycles. The van der Waals surface area contributed by atoms with Gasteiger partial charge in [0.1, 0.15) is 37.4 Å². The average Bonchev–Trinajstić information content (AvgIpc) is 3.13. The molecule has 1 atom stereocenters. The van der Waals surface area contributed by atoms with Gasteiger partial charge in [0.05, 0.1) is 11.6 Å². The van der Waals surface area contributed by atoms with Gasteiger partial charge in [-0.25, -0.2) is 9.07 Å². The lowest BCUT2D eigenvalue weighted by Gasteiger charge is -2.21. The van der Waals surface area contributed by atoms with Gasteiger partial charge in [-0.2, -0.15) is 5.10 Å². The first-order chi connectivity index (χ1) is 15.0. The highest BCUT2D eigenvalue weighted by Crippen LogP contribution is 2.32. The first-order valence-electron chi connectivity index (χ1n) is 9.85. The summed E-state index contributed by atoms with van der Waals surface area (Å²) in [5, 5.41) is 7.57. The molecule has 0 radical (unpaired) electrons. The zero-order valence-electron chi connectivity index (χ0n) is 16.7. The van der Waals surface area contributed by atoms with Gasteiger partial charge in [-0.05, 0) is 48.9 Å². The van der Waals surface area contributed by atoms with Crippen LogP contribution in [0.3, 0.4) is 0 Å². The van der Waals surface area contributed by atoms with Crippen molar-refractivity contribution >= 4 is 22.3 Å². The lowest BCUT2D eigenvalue weighted by Crippen LogP contribution is -2.35. The molecular weight excluding hydrogens is 403 g/mol. The van der Waals surface area contributed by atoms with E-state index in [9.17, 15) is 14.0 Å². The third-order valence-corrected chi connectivity index (χ3v) is 5.30. The van der Waals surface area contributed by atoms with Crippen LogP contribution >= 0.6 is 0 Å². The standard InChI is InChI=1S/C22H19FN4O4/c1-13(14-2-5-19-20(10-14)31-7-6-30-19)25-21(28)11-27-22(29)18-9-15-8-16(23)3-4-17(15)26(18)12-24-27/h2-5,8-10,12-13H,6-7,11H2,1H3,(H,25,28)/t13-/m0/s1. The molecule has 0 fully saturated rings. The number of nitrogens with zero attached hydrogens (tertiary/aromatic N) is 3. The number of carbonyl (C=O) groups is 1. The third-order valence-electron chi connectivity index (χ3n) is 5.30. The lowest BCUT2D eigenvalue weighted by atomic mass is 10.1. The Balaban J connectivity index is 1.35. The molecule has 0 spiro atoms. The first-order valence-corrected chi connectivity index (χ1v) is 9.85. The highest BCUT2D eigenvalue weighted by atomic mass is 19.1. The second-order valence-corrected chi connectivity index (χ2v) is 7.39. The van der Waals surface area contributed by atoms with E-state index in [4.69, 9.17) is 9.47 Å². The van der Waals surface area contributed by atoms with Crippen LogP contribution in [0.15, 0.2) is 53.6 Å². The van der Waals surface area contributed by atoms with Crippen LogP contribution in [0, 0.1) is 5.82 Å². The number of aromatic nitrogens is 3. The number of rotatable bonds is 4. The highest BCUT2D eigenvalue weighted by Gasteiger charge is 2.17. The fourth-order valence-corrected chi connectivity index (χ4v) is 3.74. The molecular formula is C22H19FN4O4. The van der Waals surface area contributed by atoms with Crippen LogP contribution in [-0.4, -0.2) is 33.3 Å². The summed E-state index contributed by atoms with van der Waals surface area (Å²) < 4.78 is 27.3. The van der Waals surface area contributed by atoms with Gasteiger partial charge >= 0.3 is 0 Å². The van der Waals surface area contributed by atoms with E-state index in [1.54, 1.807) is 16.5 Å². The van der Waals surface area contributed by atoms with Crippen molar-refractivity contribution in [3.63, 3.8) is 0 Å². The highest BCUT2D eigenvalue weighted by molar-refractivity contribution is 5.86. The molecule has 8 nitrogen and oxygen atoms in total. The Morgan fingerprint density at radius 2 is 1.94 bits per heavy atom. The van der Waals surface area contributed by atoms with Gasteiger partial charge in [0.15, 0.2) is 11.5 Å². The number of amides is 1. The van der Waals surface area contributed by atoms with E-state index in [-0.39, 0.29) is 24.3 Å². The summed E-state index contributed by atoms with van der Waals surface area (Å²) in [7, 11) is 0. The predicted octanol–water partition coefficient (Wildman–Crippen LogP) is 2.44. The quantitative estimate of drug-likeness (QED) is 0.546. The number of fused-ring (bicyclic) bond motifs is 4. The van der Waals surface area contributed by atoms with E-state index in [0.717, 1.165) is 10.2 Å². The van der Waals surface area contributed by atoms with Crippen molar-refractivity contribution in [1.82, 2.24) is 19.5 Å². The maximum absolute atomic E-state index is 13.5. The summed E-state index contributed by atoms with van der Waals surface area (Å²) in [6, 6.07) is 11.1. The number of carbonyl (C=O) groups excluding carboxylic acids is 1. The minimum atomic E-state index is -0.429. The van der Waals surface area contributed by atoms with Crippen LogP contribution in [0.4, 0.5) is 4.39 Å². The molecule has 2 aromatic heterocycles. The molecule has 0 unspecified atom stereocenters. The van der Waals surface area contributed by atoms with E-state index in [2.05, 4.69) is 10.4 Å². The number of benzene rings is 2. The summed E-state index contributed by atoms with van der Waals surface area (Å²) in [5.41, 5.74) is 1.42. The van der Waals surface area contributed by atoms with Gasteiger partial charge in [0, 0.05) is 5.39 Å². The molecule has 9 heteroatoms. The Labute approximate surface area is 175 Å². The van der Waals surface area contributed by atoms with Crippen LogP contribution in [-0.2, 0) is 11.3 Å². The molecule has 31 heavy (non-hydrogen) atoms. The second kappa shape index (κ2) is 7.42. The molecule has 3 heterocycles. The number of nitrogens with one attached hydrogen (secondary N) is 1. The van der Waals surface area contributed by atoms with Crippen LogP contribution in [0.25, 0.3) is 16.4 Å². The van der Waals surface area contributed by atoms with Crippen LogP contribution in [0.2, 0.25) is 0 Å². The Hall–Kier alpha value is -3.88. The van der Waals surface area contributed by atoms with E-state index >= 15 is 0 Å². The van der Waals surface area contributed by atoms with Crippen molar-refractivity contribution in [2.45, 2.75) is 19.5 Å². The van der Waals surface area contributed by atoms with E-state index in [1.165, 1.54) is 18.5 Å². The maximum atomic E-state index is 13.5. The number of halogens is 1. The Morgan fingerprint density at radius 1 is 1.13 bits per heavy atom. The van der Waals surface area contributed by atoms with Crippen LogP contribution in [0.1, 0.15) is 18.5 Å². The topological polar surface area (TPSA) is 86.9 Å². The Kier molecular flexibility index (Phi) is 4.58. The Bertz CT molecular complexity index is 1380. The summed E-state index contributed by atoms with van der Waals surface area (Å²) in [6.45, 7) is 2.60. The van der Waals surface area contributed by atoms with Crippen LogP contribution < -0.4 is 20.3 Å². The van der Waals surface area contributed by atoms with E-state index < -0.39 is 5.56 Å². The van der Waals surface area contributed by atoms with E-state index in [0.29, 0.717) is 41.1 Å². The fraction of sp³-hybridized carbons (Fsp3) is 0.227. The molecule has 2 aromatic carbocycles. The zero-order chi connectivity index (χ0) is 21.5. The first kappa shape index (κ1) is 19.1. The number of hydrogen-bond acceptors (Lipinski definition) is 5. The average molecular weight is 422 g/mol. The summed E-state index contributed by atoms with van der Waals surface area (Å²) in [6.07, 6.45) is 1.45. The predicted molar refractivity (Wildman–Crippen MR) is 111 cm³/mol. The lowest BCUT2D eigenvalue weighted by molar-refractivity contribution is -0.122.